The van der Waals surface area contributed by atoms with Crippen LogP contribution in [0.15, 0.2) is 47.6 Å². The Morgan fingerprint density at radius 3 is 1.41 bits per heavy atom. The first kappa shape index (κ1) is 64.9. The van der Waals surface area contributed by atoms with Crippen LogP contribution in [-0.2, 0) is 0 Å². The number of hydrogen-bond donors (Lipinski definition) is 0. The van der Waals surface area contributed by atoms with Crippen LogP contribution in [0.1, 0.15) is 231 Å². The maximum Gasteiger partial charge on any atom is -0.00571 e. The summed E-state index contributed by atoms with van der Waals surface area (Å²) in [6.07, 6.45) is 21.6. The number of rotatable bonds is 8. The molecule has 312 valence electrons. The molecule has 0 heteroatoms. The van der Waals surface area contributed by atoms with Crippen LogP contribution >= 0.6 is 0 Å². The lowest BCUT2D eigenvalue weighted by molar-refractivity contribution is 0.237. The zero-order valence-electron chi connectivity index (χ0n) is 40.0. The molecule has 0 aromatic carbocycles. The highest BCUT2D eigenvalue weighted by atomic mass is 14.6. The molecule has 3 fully saturated rings. The third-order valence-electron chi connectivity index (χ3n) is 9.59. The van der Waals surface area contributed by atoms with Gasteiger partial charge in [-0.15, -0.1) is 6.58 Å². The fourth-order valence-corrected chi connectivity index (χ4v) is 7.08. The molecule has 0 heterocycles. The highest BCUT2D eigenvalue weighted by Crippen LogP contribution is 2.64. The van der Waals surface area contributed by atoms with E-state index >= 15 is 0 Å². The van der Waals surface area contributed by atoms with Crippen molar-refractivity contribution in [2.45, 2.75) is 231 Å². The lowest BCUT2D eigenvalue weighted by Gasteiger charge is -2.27. The molecule has 0 spiro atoms. The largest absolute Gasteiger partial charge is 0.102 e. The third kappa shape index (κ3) is 33.3. The summed E-state index contributed by atoms with van der Waals surface area (Å²) in [5, 5.41) is 0. The van der Waals surface area contributed by atoms with E-state index in [4.69, 9.17) is 0 Å². The molecule has 0 aliphatic heterocycles. The van der Waals surface area contributed by atoms with Crippen molar-refractivity contribution in [2.24, 2.45) is 52.8 Å². The monoisotopic (exact) mass is 721 g/mol. The predicted octanol–water partition coefficient (Wildman–Crippen LogP) is 19.4. The quantitative estimate of drug-likeness (QED) is 0.173. The highest BCUT2D eigenvalue weighted by molar-refractivity contribution is 5.20. The minimum absolute atomic E-state index is 0. The molecule has 3 atom stereocenters. The first-order valence-electron chi connectivity index (χ1n) is 22.4. The van der Waals surface area contributed by atoms with Crippen molar-refractivity contribution < 1.29 is 0 Å². The van der Waals surface area contributed by atoms with Gasteiger partial charge < -0.3 is 0 Å². The average Bonchev–Trinajstić information content (AvgIpc) is 3.64. The van der Waals surface area contributed by atoms with Crippen LogP contribution in [-0.4, -0.2) is 0 Å². The van der Waals surface area contributed by atoms with E-state index in [2.05, 4.69) is 108 Å². The Bertz CT molecular complexity index is 746. The molecule has 3 aliphatic rings. The Balaban J connectivity index is -0.0000000998. The van der Waals surface area contributed by atoms with Crippen LogP contribution in [0, 0.1) is 52.8 Å². The molecule has 0 bridgehead atoms. The van der Waals surface area contributed by atoms with Crippen LogP contribution in [0.3, 0.4) is 0 Å². The van der Waals surface area contributed by atoms with Crippen molar-refractivity contribution in [3.63, 3.8) is 0 Å². The fraction of sp³-hybridized carbons (Fsp3) is 0.843. The molecule has 0 saturated heterocycles. The van der Waals surface area contributed by atoms with E-state index < -0.39 is 0 Å². The van der Waals surface area contributed by atoms with Gasteiger partial charge in [-0.05, 0) is 112 Å². The lowest BCUT2D eigenvalue weighted by atomic mass is 9.78. The van der Waals surface area contributed by atoms with Gasteiger partial charge in [-0.1, -0.05) is 214 Å². The first-order valence-corrected chi connectivity index (χ1v) is 22.4. The van der Waals surface area contributed by atoms with Gasteiger partial charge in [-0.25, -0.2) is 0 Å². The summed E-state index contributed by atoms with van der Waals surface area (Å²) < 4.78 is 0. The summed E-state index contributed by atoms with van der Waals surface area (Å²) in [5.74, 6) is 8.10. The average molecular weight is 721 g/mol. The molecule has 0 aromatic rings. The second kappa shape index (κ2) is 43.4. The van der Waals surface area contributed by atoms with Crippen LogP contribution in [0.5, 0.6) is 0 Å². The third-order valence-corrected chi connectivity index (χ3v) is 9.59. The first-order chi connectivity index (χ1) is 23.7. The van der Waals surface area contributed by atoms with E-state index in [1.165, 1.54) is 53.7 Å². The van der Waals surface area contributed by atoms with E-state index in [-0.39, 0.29) is 7.43 Å². The van der Waals surface area contributed by atoms with Gasteiger partial charge in [0.15, 0.2) is 0 Å². The summed E-state index contributed by atoms with van der Waals surface area (Å²) in [5.41, 5.74) is 4.75. The van der Waals surface area contributed by atoms with E-state index in [0.29, 0.717) is 11.3 Å². The van der Waals surface area contributed by atoms with Crippen molar-refractivity contribution in [3.8, 4) is 0 Å². The summed E-state index contributed by atoms with van der Waals surface area (Å²) in [7, 11) is 0. The second-order valence-electron chi connectivity index (χ2n) is 14.8. The van der Waals surface area contributed by atoms with Crippen LogP contribution in [0.2, 0.25) is 0 Å². The van der Waals surface area contributed by atoms with Crippen molar-refractivity contribution in [1.82, 2.24) is 0 Å². The Labute approximate surface area is 330 Å². The van der Waals surface area contributed by atoms with E-state index in [1.807, 2.05) is 89.2 Å². The van der Waals surface area contributed by atoms with Crippen LogP contribution in [0.4, 0.5) is 0 Å². The molecule has 51 heavy (non-hydrogen) atoms. The van der Waals surface area contributed by atoms with Crippen molar-refractivity contribution in [2.75, 3.05) is 0 Å². The topological polar surface area (TPSA) is 0 Å². The van der Waals surface area contributed by atoms with Crippen LogP contribution in [0.25, 0.3) is 0 Å². The molecule has 3 aliphatic carbocycles. The van der Waals surface area contributed by atoms with E-state index in [1.54, 1.807) is 25.7 Å². The van der Waals surface area contributed by atoms with Crippen molar-refractivity contribution in [3.05, 3.63) is 47.6 Å². The van der Waals surface area contributed by atoms with Gasteiger partial charge in [0.2, 0.25) is 0 Å². The maximum atomic E-state index is 3.72. The molecule has 0 aromatic heterocycles. The molecular formula is C51H108. The van der Waals surface area contributed by atoms with Gasteiger partial charge in [0.05, 0.1) is 0 Å². The maximum absolute atomic E-state index is 3.72. The summed E-state index contributed by atoms with van der Waals surface area (Å²) in [4.78, 5) is 0. The van der Waals surface area contributed by atoms with Crippen molar-refractivity contribution >= 4 is 0 Å². The van der Waals surface area contributed by atoms with Gasteiger partial charge >= 0.3 is 0 Å². The van der Waals surface area contributed by atoms with Gasteiger partial charge in [0, 0.05) is 0 Å². The summed E-state index contributed by atoms with van der Waals surface area (Å²) >= 11 is 0. The van der Waals surface area contributed by atoms with Gasteiger partial charge in [0.1, 0.15) is 0 Å². The van der Waals surface area contributed by atoms with E-state index in [9.17, 15) is 0 Å². The molecule has 0 N–H and O–H groups in total. The minimum atomic E-state index is 0. The Morgan fingerprint density at radius 2 is 1.10 bits per heavy atom. The van der Waals surface area contributed by atoms with Gasteiger partial charge in [0.25, 0.3) is 0 Å². The van der Waals surface area contributed by atoms with E-state index in [0.717, 1.165) is 36.5 Å². The molecular weight excluding hydrogens is 613 g/mol. The minimum Gasteiger partial charge on any atom is -0.102 e. The predicted molar refractivity (Wildman–Crippen MR) is 249 cm³/mol. The number of fused-ring (bicyclic) bond motifs is 1. The summed E-state index contributed by atoms with van der Waals surface area (Å²) in [6, 6.07) is 0. The Morgan fingerprint density at radius 1 is 0.686 bits per heavy atom. The van der Waals surface area contributed by atoms with Crippen LogP contribution < -0.4 is 0 Å². The standard InChI is InChI=1S/C15H28.C14H24.C9H16.6C2H6.CH4/c1-8-14(15(5,6)7)10-9-13(4)11-12(2)3;1-9-3-5-11(6-4-9)14-12-7-10(2)8-13(12)14;1-5-7-9(4)8(3)6-2;6*1-2;/h9-10,12H,8,11H2,1-7H3;9-14H,3-8H2,1-2H3;6-8H,2,5H2,1,3-4H3;6*1-2H3;1H4/b13-9-,14-10-;;;;;;;;;. The molecule has 3 saturated carbocycles. The highest BCUT2D eigenvalue weighted by Gasteiger charge is 2.57. The Kier molecular flexibility index (Phi) is 55.2. The zero-order chi connectivity index (χ0) is 41.0. The van der Waals surface area contributed by atoms with Crippen molar-refractivity contribution in [1.29, 1.82) is 0 Å². The molecule has 0 nitrogen and oxygen atoms in total. The molecule has 3 unspecified atom stereocenters. The normalized spacial score (nSPS) is 23.4. The van der Waals surface area contributed by atoms with Gasteiger partial charge in [-0.2, -0.15) is 0 Å². The summed E-state index contributed by atoms with van der Waals surface area (Å²) in [6.45, 7) is 54.9. The molecule has 3 rings (SSSR count). The number of allylic oxidation sites excluding steroid dienone is 7. The smallest absolute Gasteiger partial charge is 0.00571 e. The van der Waals surface area contributed by atoms with Gasteiger partial charge in [-0.3, -0.25) is 0 Å². The Hall–Kier alpha value is -1.04. The lowest BCUT2D eigenvalue weighted by Crippen LogP contribution is -2.16. The fourth-order valence-electron chi connectivity index (χ4n) is 7.08. The molecule has 0 amide bonds. The second-order valence-corrected chi connectivity index (χ2v) is 14.8. The molecule has 0 radical (unpaired) electrons. The SMILES string of the molecule is C.C=CC(C)C(C)=CCC.CC.CC.CC.CC.CC.CC.CC/C(=C/C=C(/C)CC(C)C)C(C)(C)C.CC1CCC(C2C3CC(C)CC32)CC1. The number of hydrogen-bond acceptors (Lipinski definition) is 0. The zero-order valence-corrected chi connectivity index (χ0v) is 40.0.